The lowest BCUT2D eigenvalue weighted by Gasteiger charge is -2.18. The molecule has 11 rings (SSSR count). The van der Waals surface area contributed by atoms with Gasteiger partial charge in [-0.05, 0) is 122 Å². The highest BCUT2D eigenvalue weighted by atomic mass is 14.2. The standard InChI is InChI=1S/C56H36/c1-3-15-47-39(11-1)13-9-21-49(47)41-27-23-37(24-28-41)44-33-25-38-26-34-45(36-46(38)35-44)56-53-19-7-5-17-51(53)55(52-18-6-8-20-54(52)56)43-31-29-42(30-32-43)50-22-10-14-40-12-2-4-16-48(40)50/h1-36H. The molecule has 0 unspecified atom stereocenters. The van der Waals surface area contributed by atoms with Gasteiger partial charge in [0.15, 0.2) is 0 Å². The highest BCUT2D eigenvalue weighted by molar-refractivity contribution is 6.22. The molecule has 0 heterocycles. The summed E-state index contributed by atoms with van der Waals surface area (Å²) in [5, 5.41) is 12.6. The molecule has 0 aliphatic carbocycles. The van der Waals surface area contributed by atoms with E-state index in [1.54, 1.807) is 0 Å². The van der Waals surface area contributed by atoms with Crippen molar-refractivity contribution in [1.82, 2.24) is 0 Å². The van der Waals surface area contributed by atoms with E-state index in [0.717, 1.165) is 0 Å². The number of fused-ring (bicyclic) bond motifs is 5. The Morgan fingerprint density at radius 2 is 0.536 bits per heavy atom. The van der Waals surface area contributed by atoms with Gasteiger partial charge < -0.3 is 0 Å². The molecule has 0 bridgehead atoms. The predicted molar refractivity (Wildman–Crippen MR) is 241 cm³/mol. The Hall–Kier alpha value is -7.28. The Balaban J connectivity index is 1.01. The quantitative estimate of drug-likeness (QED) is 0.156. The van der Waals surface area contributed by atoms with E-state index >= 15 is 0 Å². The second-order valence-electron chi connectivity index (χ2n) is 14.8. The Morgan fingerprint density at radius 3 is 1.05 bits per heavy atom. The van der Waals surface area contributed by atoms with Crippen molar-refractivity contribution < 1.29 is 0 Å². The van der Waals surface area contributed by atoms with Crippen molar-refractivity contribution in [3.8, 4) is 55.6 Å². The fourth-order valence-corrected chi connectivity index (χ4v) is 8.95. The van der Waals surface area contributed by atoms with E-state index < -0.39 is 0 Å². The van der Waals surface area contributed by atoms with E-state index in [9.17, 15) is 0 Å². The van der Waals surface area contributed by atoms with E-state index in [1.807, 2.05) is 0 Å². The van der Waals surface area contributed by atoms with Crippen LogP contribution < -0.4 is 0 Å². The monoisotopic (exact) mass is 708 g/mol. The van der Waals surface area contributed by atoms with Crippen LogP contribution in [0.25, 0.3) is 109 Å². The van der Waals surface area contributed by atoms with Gasteiger partial charge in [-0.15, -0.1) is 0 Å². The molecule has 0 atom stereocenters. The summed E-state index contributed by atoms with van der Waals surface area (Å²) in [6.07, 6.45) is 0. The minimum Gasteiger partial charge on any atom is -0.0616 e. The van der Waals surface area contributed by atoms with Crippen LogP contribution in [0.2, 0.25) is 0 Å². The molecule has 11 aromatic carbocycles. The lowest BCUT2D eigenvalue weighted by Crippen LogP contribution is -1.91. The summed E-state index contributed by atoms with van der Waals surface area (Å²) in [5.74, 6) is 0. The van der Waals surface area contributed by atoms with E-state index in [4.69, 9.17) is 0 Å². The zero-order valence-corrected chi connectivity index (χ0v) is 30.8. The van der Waals surface area contributed by atoms with E-state index in [1.165, 1.54) is 109 Å². The number of benzene rings is 11. The Labute approximate surface area is 326 Å². The largest absolute Gasteiger partial charge is 0.0616 e. The molecule has 0 saturated carbocycles. The first-order valence-electron chi connectivity index (χ1n) is 19.4. The SMILES string of the molecule is c1ccc2c(-c3ccc(-c4ccc5ccc(-c6c7ccccc7c(-c7ccc(-c8cccc9ccccc89)cc7)c7ccccc67)cc5c4)cc3)cccc2c1. The van der Waals surface area contributed by atoms with Crippen LogP contribution in [0.1, 0.15) is 0 Å². The Kier molecular flexibility index (Phi) is 7.60. The molecule has 11 aromatic rings. The molecule has 0 aliphatic rings. The average Bonchev–Trinajstić information content (AvgIpc) is 3.27. The van der Waals surface area contributed by atoms with E-state index in [2.05, 4.69) is 218 Å². The van der Waals surface area contributed by atoms with Crippen LogP contribution in [-0.2, 0) is 0 Å². The summed E-state index contributed by atoms with van der Waals surface area (Å²) in [7, 11) is 0. The van der Waals surface area contributed by atoms with Gasteiger partial charge in [0, 0.05) is 0 Å². The topological polar surface area (TPSA) is 0 Å². The molecule has 56 heavy (non-hydrogen) atoms. The molecule has 0 heteroatoms. The fraction of sp³-hybridized carbons (Fsp3) is 0. The van der Waals surface area contributed by atoms with Crippen molar-refractivity contribution in [2.75, 3.05) is 0 Å². The number of hydrogen-bond acceptors (Lipinski definition) is 0. The number of hydrogen-bond donors (Lipinski definition) is 0. The minimum atomic E-state index is 1.22. The summed E-state index contributed by atoms with van der Waals surface area (Å²) in [4.78, 5) is 0. The molecule has 0 nitrogen and oxygen atoms in total. The third-order valence-electron chi connectivity index (χ3n) is 11.7. The van der Waals surface area contributed by atoms with Gasteiger partial charge in [0.2, 0.25) is 0 Å². The summed E-state index contributed by atoms with van der Waals surface area (Å²) < 4.78 is 0. The van der Waals surface area contributed by atoms with Crippen LogP contribution in [0, 0.1) is 0 Å². The molecule has 0 amide bonds. The molecule has 0 aromatic heterocycles. The average molecular weight is 709 g/mol. The Morgan fingerprint density at radius 1 is 0.179 bits per heavy atom. The van der Waals surface area contributed by atoms with Crippen LogP contribution in [0.15, 0.2) is 218 Å². The van der Waals surface area contributed by atoms with Gasteiger partial charge in [-0.2, -0.15) is 0 Å². The van der Waals surface area contributed by atoms with Gasteiger partial charge in [-0.25, -0.2) is 0 Å². The zero-order valence-electron chi connectivity index (χ0n) is 30.8. The third-order valence-corrected chi connectivity index (χ3v) is 11.7. The van der Waals surface area contributed by atoms with Gasteiger partial charge in [0.05, 0.1) is 0 Å². The van der Waals surface area contributed by atoms with E-state index in [0.29, 0.717) is 0 Å². The molecule has 0 fully saturated rings. The van der Waals surface area contributed by atoms with Crippen molar-refractivity contribution in [3.63, 3.8) is 0 Å². The maximum atomic E-state index is 2.39. The highest BCUT2D eigenvalue weighted by Crippen LogP contribution is 2.45. The van der Waals surface area contributed by atoms with Gasteiger partial charge in [0.25, 0.3) is 0 Å². The molecular weight excluding hydrogens is 673 g/mol. The van der Waals surface area contributed by atoms with Crippen LogP contribution in [0.3, 0.4) is 0 Å². The summed E-state index contributed by atoms with van der Waals surface area (Å²) in [5.41, 5.74) is 12.4. The summed E-state index contributed by atoms with van der Waals surface area (Å²) >= 11 is 0. The summed E-state index contributed by atoms with van der Waals surface area (Å²) in [6, 6.07) is 80.3. The van der Waals surface area contributed by atoms with Crippen LogP contribution in [-0.4, -0.2) is 0 Å². The molecule has 0 aliphatic heterocycles. The van der Waals surface area contributed by atoms with Crippen molar-refractivity contribution in [3.05, 3.63) is 218 Å². The molecule has 0 saturated heterocycles. The van der Waals surface area contributed by atoms with Crippen molar-refractivity contribution in [1.29, 1.82) is 0 Å². The molecule has 260 valence electrons. The van der Waals surface area contributed by atoms with E-state index in [-0.39, 0.29) is 0 Å². The number of rotatable bonds is 5. The van der Waals surface area contributed by atoms with Crippen molar-refractivity contribution >= 4 is 53.9 Å². The first-order valence-corrected chi connectivity index (χ1v) is 19.4. The highest BCUT2D eigenvalue weighted by Gasteiger charge is 2.17. The smallest absolute Gasteiger partial charge is 0.00262 e. The fourth-order valence-electron chi connectivity index (χ4n) is 8.95. The van der Waals surface area contributed by atoms with Gasteiger partial charge in [-0.3, -0.25) is 0 Å². The maximum absolute atomic E-state index is 2.39. The van der Waals surface area contributed by atoms with Crippen molar-refractivity contribution in [2.45, 2.75) is 0 Å². The van der Waals surface area contributed by atoms with Crippen molar-refractivity contribution in [2.24, 2.45) is 0 Å². The molecule has 0 N–H and O–H groups in total. The predicted octanol–water partition coefficient (Wildman–Crippen LogP) is 15.8. The molecular formula is C56H36. The Bertz CT molecular complexity index is 3210. The lowest BCUT2D eigenvalue weighted by atomic mass is 9.85. The second-order valence-corrected chi connectivity index (χ2v) is 14.8. The normalized spacial score (nSPS) is 11.6. The van der Waals surface area contributed by atoms with Gasteiger partial charge >= 0.3 is 0 Å². The first kappa shape index (κ1) is 32.2. The zero-order chi connectivity index (χ0) is 37.0. The summed E-state index contributed by atoms with van der Waals surface area (Å²) in [6.45, 7) is 0. The third kappa shape index (κ3) is 5.38. The first-order chi connectivity index (χ1) is 27.8. The minimum absolute atomic E-state index is 1.22. The molecule has 0 radical (unpaired) electrons. The maximum Gasteiger partial charge on any atom is -0.00262 e. The van der Waals surface area contributed by atoms with Gasteiger partial charge in [-0.1, -0.05) is 206 Å². The van der Waals surface area contributed by atoms with Gasteiger partial charge in [0.1, 0.15) is 0 Å². The van der Waals surface area contributed by atoms with Crippen LogP contribution in [0.5, 0.6) is 0 Å². The second kappa shape index (κ2) is 13.2. The molecule has 0 spiro atoms. The van der Waals surface area contributed by atoms with Crippen LogP contribution >= 0.6 is 0 Å². The lowest BCUT2D eigenvalue weighted by molar-refractivity contribution is 1.62. The van der Waals surface area contributed by atoms with Crippen LogP contribution in [0.4, 0.5) is 0 Å².